The van der Waals surface area contributed by atoms with Gasteiger partial charge in [-0.15, -0.1) is 0 Å². The normalized spacial score (nSPS) is 16.6. The van der Waals surface area contributed by atoms with Crippen LogP contribution in [-0.4, -0.2) is 0 Å². The van der Waals surface area contributed by atoms with Crippen molar-refractivity contribution in [1.29, 1.82) is 0 Å². The van der Waals surface area contributed by atoms with Crippen molar-refractivity contribution in [1.82, 2.24) is 0 Å². The third kappa shape index (κ3) is 2.16. The van der Waals surface area contributed by atoms with Gasteiger partial charge in [0.15, 0.2) is 0 Å². The predicted molar refractivity (Wildman–Crippen MR) is 70.8 cm³/mol. The highest BCUT2D eigenvalue weighted by molar-refractivity contribution is 5.36. The zero-order chi connectivity index (χ0) is 12.5. The monoisotopic (exact) mass is 241 g/mol. The van der Waals surface area contributed by atoms with Gasteiger partial charge in [0.2, 0.25) is 0 Å². The van der Waals surface area contributed by atoms with Crippen molar-refractivity contribution in [3.05, 3.63) is 71.0 Å². The van der Waals surface area contributed by atoms with Crippen LogP contribution in [0.3, 0.4) is 0 Å². The quantitative estimate of drug-likeness (QED) is 0.870. The van der Waals surface area contributed by atoms with Gasteiger partial charge in [-0.25, -0.2) is 4.39 Å². The van der Waals surface area contributed by atoms with E-state index in [1.807, 2.05) is 42.5 Å². The summed E-state index contributed by atoms with van der Waals surface area (Å²) < 4.78 is 14.0. The Labute approximate surface area is 106 Å². The SMILES string of the molecule is N[C@@H](c1ccccc1)c1ccc(C2CC2)c(F)c1. The van der Waals surface area contributed by atoms with Gasteiger partial charge in [-0.1, -0.05) is 42.5 Å². The lowest BCUT2D eigenvalue weighted by atomic mass is 9.97. The van der Waals surface area contributed by atoms with E-state index in [0.29, 0.717) is 5.92 Å². The minimum atomic E-state index is -0.256. The summed E-state index contributed by atoms with van der Waals surface area (Å²) in [4.78, 5) is 0. The molecule has 92 valence electrons. The molecule has 1 nitrogen and oxygen atoms in total. The van der Waals surface area contributed by atoms with Crippen molar-refractivity contribution in [2.75, 3.05) is 0 Å². The molecule has 2 aromatic rings. The largest absolute Gasteiger partial charge is 0.320 e. The Kier molecular flexibility index (Phi) is 2.88. The molecule has 1 aliphatic carbocycles. The second-order valence-corrected chi connectivity index (χ2v) is 4.94. The van der Waals surface area contributed by atoms with Crippen LogP contribution >= 0.6 is 0 Å². The molecule has 2 aromatic carbocycles. The van der Waals surface area contributed by atoms with Gasteiger partial charge in [0.05, 0.1) is 6.04 Å². The zero-order valence-electron chi connectivity index (χ0n) is 10.1. The summed E-state index contributed by atoms with van der Waals surface area (Å²) in [7, 11) is 0. The van der Waals surface area contributed by atoms with Gasteiger partial charge in [-0.3, -0.25) is 0 Å². The van der Waals surface area contributed by atoms with E-state index in [1.165, 1.54) is 0 Å². The second-order valence-electron chi connectivity index (χ2n) is 4.94. The molecule has 0 spiro atoms. The Morgan fingerprint density at radius 1 is 1.00 bits per heavy atom. The van der Waals surface area contributed by atoms with Gasteiger partial charge in [0.1, 0.15) is 5.82 Å². The summed E-state index contributed by atoms with van der Waals surface area (Å²) in [6.07, 6.45) is 2.22. The third-order valence-corrected chi connectivity index (χ3v) is 3.56. The van der Waals surface area contributed by atoms with Gasteiger partial charge in [0, 0.05) is 0 Å². The Morgan fingerprint density at radius 3 is 2.33 bits per heavy atom. The van der Waals surface area contributed by atoms with Crippen molar-refractivity contribution < 1.29 is 4.39 Å². The first-order valence-electron chi connectivity index (χ1n) is 6.35. The van der Waals surface area contributed by atoms with Crippen LogP contribution in [0.4, 0.5) is 4.39 Å². The molecular weight excluding hydrogens is 225 g/mol. The molecule has 0 bridgehead atoms. The van der Waals surface area contributed by atoms with Crippen molar-refractivity contribution >= 4 is 0 Å². The van der Waals surface area contributed by atoms with Gasteiger partial charge in [-0.2, -0.15) is 0 Å². The molecule has 2 N–H and O–H groups in total. The minimum absolute atomic E-state index is 0.110. The molecule has 2 heteroatoms. The lowest BCUT2D eigenvalue weighted by molar-refractivity contribution is 0.606. The second kappa shape index (κ2) is 4.54. The third-order valence-electron chi connectivity index (χ3n) is 3.56. The molecule has 0 aromatic heterocycles. The van der Waals surface area contributed by atoms with Gasteiger partial charge in [0.25, 0.3) is 0 Å². The summed E-state index contributed by atoms with van der Waals surface area (Å²) in [5, 5.41) is 0. The Hall–Kier alpha value is -1.67. The van der Waals surface area contributed by atoms with Crippen LogP contribution in [0.2, 0.25) is 0 Å². The number of rotatable bonds is 3. The van der Waals surface area contributed by atoms with Gasteiger partial charge in [-0.05, 0) is 41.5 Å². The molecule has 1 fully saturated rings. The maximum absolute atomic E-state index is 14.0. The number of hydrogen-bond acceptors (Lipinski definition) is 1. The maximum Gasteiger partial charge on any atom is 0.127 e. The van der Waals surface area contributed by atoms with E-state index in [2.05, 4.69) is 0 Å². The van der Waals surface area contributed by atoms with Crippen molar-refractivity contribution in [3.8, 4) is 0 Å². The summed E-state index contributed by atoms with van der Waals surface area (Å²) in [6, 6.07) is 15.0. The average molecular weight is 241 g/mol. The molecule has 0 saturated heterocycles. The summed E-state index contributed by atoms with van der Waals surface area (Å²) in [5.41, 5.74) is 8.85. The van der Waals surface area contributed by atoms with Crippen LogP contribution < -0.4 is 5.73 Å². The molecule has 0 unspecified atom stereocenters. The fraction of sp³-hybridized carbons (Fsp3) is 0.250. The number of nitrogens with two attached hydrogens (primary N) is 1. The molecule has 1 aliphatic rings. The first kappa shape index (κ1) is 11.4. The number of hydrogen-bond donors (Lipinski definition) is 1. The molecule has 0 aliphatic heterocycles. The van der Waals surface area contributed by atoms with Crippen LogP contribution in [0, 0.1) is 5.82 Å². The molecule has 0 radical (unpaired) electrons. The van der Waals surface area contributed by atoms with Crippen molar-refractivity contribution in [3.63, 3.8) is 0 Å². The van der Waals surface area contributed by atoms with E-state index < -0.39 is 0 Å². The molecule has 3 rings (SSSR count). The highest BCUT2D eigenvalue weighted by atomic mass is 19.1. The lowest BCUT2D eigenvalue weighted by Gasteiger charge is -2.13. The summed E-state index contributed by atoms with van der Waals surface area (Å²) in [5.74, 6) is 0.327. The summed E-state index contributed by atoms with van der Waals surface area (Å²) >= 11 is 0. The van der Waals surface area contributed by atoms with E-state index in [-0.39, 0.29) is 11.9 Å². The maximum atomic E-state index is 14.0. The number of halogens is 1. The Balaban J connectivity index is 1.90. The van der Waals surface area contributed by atoms with Crippen LogP contribution in [0.25, 0.3) is 0 Å². The van der Waals surface area contributed by atoms with E-state index >= 15 is 0 Å². The van der Waals surface area contributed by atoms with Crippen LogP contribution in [0.5, 0.6) is 0 Å². The van der Waals surface area contributed by atoms with E-state index in [0.717, 1.165) is 29.5 Å². The lowest BCUT2D eigenvalue weighted by Crippen LogP contribution is -2.12. The van der Waals surface area contributed by atoms with Gasteiger partial charge < -0.3 is 5.73 Å². The van der Waals surface area contributed by atoms with Crippen molar-refractivity contribution in [2.24, 2.45) is 5.73 Å². The molecule has 0 amide bonds. The molecule has 1 atom stereocenters. The van der Waals surface area contributed by atoms with Crippen LogP contribution in [-0.2, 0) is 0 Å². The van der Waals surface area contributed by atoms with Crippen LogP contribution in [0.1, 0.15) is 41.5 Å². The molecular formula is C16H16FN. The average Bonchev–Trinajstić information content (AvgIpc) is 3.23. The Bertz CT molecular complexity index is 546. The highest BCUT2D eigenvalue weighted by Crippen LogP contribution is 2.41. The zero-order valence-corrected chi connectivity index (χ0v) is 10.1. The predicted octanol–water partition coefficient (Wildman–Crippen LogP) is 3.75. The first-order valence-corrected chi connectivity index (χ1v) is 6.35. The minimum Gasteiger partial charge on any atom is -0.320 e. The first-order chi connectivity index (χ1) is 8.75. The van der Waals surface area contributed by atoms with E-state index in [9.17, 15) is 4.39 Å². The molecule has 1 saturated carbocycles. The van der Waals surface area contributed by atoms with Crippen LogP contribution in [0.15, 0.2) is 48.5 Å². The fourth-order valence-corrected chi connectivity index (χ4v) is 2.32. The Morgan fingerprint density at radius 2 is 1.72 bits per heavy atom. The molecule has 18 heavy (non-hydrogen) atoms. The van der Waals surface area contributed by atoms with Gasteiger partial charge >= 0.3 is 0 Å². The van der Waals surface area contributed by atoms with E-state index in [4.69, 9.17) is 5.73 Å². The van der Waals surface area contributed by atoms with E-state index in [1.54, 1.807) is 6.07 Å². The topological polar surface area (TPSA) is 26.0 Å². The fourth-order valence-electron chi connectivity index (χ4n) is 2.32. The summed E-state index contributed by atoms with van der Waals surface area (Å²) in [6.45, 7) is 0. The highest BCUT2D eigenvalue weighted by Gasteiger charge is 2.26. The standard InChI is InChI=1S/C16H16FN/c17-15-10-13(8-9-14(15)11-6-7-11)16(18)12-4-2-1-3-5-12/h1-5,8-11,16H,6-7,18H2/t16-/m0/s1. The smallest absolute Gasteiger partial charge is 0.127 e. The number of benzene rings is 2. The molecule has 0 heterocycles. The van der Waals surface area contributed by atoms with Crippen molar-refractivity contribution in [2.45, 2.75) is 24.8 Å².